The summed E-state index contributed by atoms with van der Waals surface area (Å²) in [7, 11) is 1.66. The maximum absolute atomic E-state index is 13.0. The third-order valence-corrected chi connectivity index (χ3v) is 4.80. The average molecular weight is 412 g/mol. The number of para-hydroxylation sites is 1. The first-order chi connectivity index (χ1) is 11.2. The molecule has 2 aromatic rings. The Hall–Kier alpha value is -1.56. The van der Waals surface area contributed by atoms with Crippen LogP contribution in [0.3, 0.4) is 0 Å². The number of carbonyl (C=O) groups excluding carboxylic acids is 1. The van der Waals surface area contributed by atoms with Crippen LogP contribution in [0.2, 0.25) is 0 Å². The lowest BCUT2D eigenvalue weighted by Crippen LogP contribution is -2.48. The fourth-order valence-corrected chi connectivity index (χ4v) is 3.41. The Morgan fingerprint density at radius 3 is 2.67 bits per heavy atom. The van der Waals surface area contributed by atoms with Gasteiger partial charge in [-0.15, -0.1) is 12.4 Å². The molecule has 3 rings (SSSR count). The lowest BCUT2D eigenvalue weighted by molar-refractivity contribution is 0.0630. The summed E-state index contributed by atoms with van der Waals surface area (Å²) in [5.41, 5.74) is 1.72. The number of methoxy groups -OCH3 is 1. The standard InChI is InChI=1S/C18H19BrN2O2.ClH/c1-23-17-9-5-3-7-14(17)16-12-20-10-11-21(16)18(22)13-6-2-4-8-15(13)19;/h2-9,16,20H,10-12H2,1H3;1H. The molecule has 1 atom stereocenters. The molecular formula is C18H20BrClN2O2. The van der Waals surface area contributed by atoms with Crippen molar-refractivity contribution in [1.29, 1.82) is 0 Å². The van der Waals surface area contributed by atoms with Crippen molar-refractivity contribution in [1.82, 2.24) is 10.2 Å². The van der Waals surface area contributed by atoms with Crippen LogP contribution in [-0.4, -0.2) is 37.6 Å². The SMILES string of the molecule is COc1ccccc1C1CNCCN1C(=O)c1ccccc1Br.Cl. The molecule has 0 bridgehead atoms. The summed E-state index contributed by atoms with van der Waals surface area (Å²) in [6.45, 7) is 2.18. The first kappa shape index (κ1) is 18.8. The van der Waals surface area contributed by atoms with Gasteiger partial charge >= 0.3 is 0 Å². The van der Waals surface area contributed by atoms with Gasteiger partial charge in [-0.1, -0.05) is 30.3 Å². The molecule has 0 saturated carbocycles. The van der Waals surface area contributed by atoms with Crippen LogP contribution in [0.1, 0.15) is 22.0 Å². The molecule has 0 aliphatic carbocycles. The molecule has 1 amide bonds. The highest BCUT2D eigenvalue weighted by molar-refractivity contribution is 9.10. The van der Waals surface area contributed by atoms with E-state index in [9.17, 15) is 4.79 Å². The fourth-order valence-electron chi connectivity index (χ4n) is 2.96. The van der Waals surface area contributed by atoms with Gasteiger partial charge in [0.2, 0.25) is 0 Å². The van der Waals surface area contributed by atoms with Crippen LogP contribution in [0.4, 0.5) is 0 Å². The van der Waals surface area contributed by atoms with Crippen molar-refractivity contribution in [3.8, 4) is 5.75 Å². The second-order valence-electron chi connectivity index (χ2n) is 5.44. The van der Waals surface area contributed by atoms with E-state index >= 15 is 0 Å². The zero-order valence-corrected chi connectivity index (χ0v) is 15.8. The number of nitrogens with zero attached hydrogens (tertiary/aromatic N) is 1. The summed E-state index contributed by atoms with van der Waals surface area (Å²) in [5.74, 6) is 0.848. The lowest BCUT2D eigenvalue weighted by Gasteiger charge is -2.37. The van der Waals surface area contributed by atoms with Crippen molar-refractivity contribution in [2.24, 2.45) is 0 Å². The van der Waals surface area contributed by atoms with E-state index in [0.717, 1.165) is 28.9 Å². The molecule has 1 heterocycles. The van der Waals surface area contributed by atoms with E-state index < -0.39 is 0 Å². The van der Waals surface area contributed by atoms with Crippen molar-refractivity contribution >= 4 is 34.2 Å². The third-order valence-electron chi connectivity index (χ3n) is 4.11. The van der Waals surface area contributed by atoms with Crippen LogP contribution in [0.15, 0.2) is 53.0 Å². The number of piperazine rings is 1. The fraction of sp³-hybridized carbons (Fsp3) is 0.278. The topological polar surface area (TPSA) is 41.6 Å². The van der Waals surface area contributed by atoms with Crippen molar-refractivity contribution < 1.29 is 9.53 Å². The predicted molar refractivity (Wildman–Crippen MR) is 101 cm³/mol. The van der Waals surface area contributed by atoms with Crippen LogP contribution >= 0.6 is 28.3 Å². The Morgan fingerprint density at radius 2 is 1.92 bits per heavy atom. The van der Waals surface area contributed by atoms with Crippen LogP contribution in [0.25, 0.3) is 0 Å². The van der Waals surface area contributed by atoms with Gasteiger partial charge in [0, 0.05) is 29.7 Å². The molecule has 1 N–H and O–H groups in total. The molecular weight excluding hydrogens is 392 g/mol. The summed E-state index contributed by atoms with van der Waals surface area (Å²) in [4.78, 5) is 15.0. The molecule has 4 nitrogen and oxygen atoms in total. The van der Waals surface area contributed by atoms with Crippen molar-refractivity contribution in [3.05, 3.63) is 64.1 Å². The van der Waals surface area contributed by atoms with E-state index in [-0.39, 0.29) is 24.4 Å². The number of hydrogen-bond acceptors (Lipinski definition) is 3. The van der Waals surface area contributed by atoms with Crippen molar-refractivity contribution in [2.75, 3.05) is 26.7 Å². The summed E-state index contributed by atoms with van der Waals surface area (Å²) in [5, 5.41) is 3.37. The van der Waals surface area contributed by atoms with Gasteiger partial charge in [-0.3, -0.25) is 4.79 Å². The number of benzene rings is 2. The maximum atomic E-state index is 13.0. The Bertz CT molecular complexity index is 711. The summed E-state index contributed by atoms with van der Waals surface area (Å²) in [6.07, 6.45) is 0. The highest BCUT2D eigenvalue weighted by atomic mass is 79.9. The predicted octanol–water partition coefficient (Wildman–Crippen LogP) is 3.67. The second-order valence-corrected chi connectivity index (χ2v) is 6.29. The molecule has 6 heteroatoms. The molecule has 1 saturated heterocycles. The van der Waals surface area contributed by atoms with Gasteiger partial charge in [-0.2, -0.15) is 0 Å². The highest BCUT2D eigenvalue weighted by Gasteiger charge is 2.31. The highest BCUT2D eigenvalue weighted by Crippen LogP contribution is 2.32. The molecule has 1 aliphatic heterocycles. The molecule has 2 aromatic carbocycles. The molecule has 128 valence electrons. The van der Waals surface area contributed by atoms with Crippen molar-refractivity contribution in [3.63, 3.8) is 0 Å². The van der Waals surface area contributed by atoms with Gasteiger partial charge in [0.25, 0.3) is 5.91 Å². The minimum Gasteiger partial charge on any atom is -0.496 e. The smallest absolute Gasteiger partial charge is 0.255 e. The summed E-state index contributed by atoms with van der Waals surface area (Å²) >= 11 is 3.48. The lowest BCUT2D eigenvalue weighted by atomic mass is 10.0. The van der Waals surface area contributed by atoms with Gasteiger partial charge in [-0.25, -0.2) is 0 Å². The number of carbonyl (C=O) groups is 1. The number of nitrogens with one attached hydrogen (secondary N) is 1. The quantitative estimate of drug-likeness (QED) is 0.838. The molecule has 0 aromatic heterocycles. The van der Waals surface area contributed by atoms with Gasteiger partial charge in [0.1, 0.15) is 5.75 Å². The number of rotatable bonds is 3. The molecule has 1 fully saturated rings. The monoisotopic (exact) mass is 410 g/mol. The van der Waals surface area contributed by atoms with E-state index in [1.54, 1.807) is 7.11 Å². The van der Waals surface area contributed by atoms with Crippen LogP contribution in [0, 0.1) is 0 Å². The van der Waals surface area contributed by atoms with Gasteiger partial charge < -0.3 is 15.0 Å². The molecule has 24 heavy (non-hydrogen) atoms. The van der Waals surface area contributed by atoms with Crippen molar-refractivity contribution in [2.45, 2.75) is 6.04 Å². The van der Waals surface area contributed by atoms with Crippen LogP contribution < -0.4 is 10.1 Å². The van der Waals surface area contributed by atoms with E-state index in [0.29, 0.717) is 12.1 Å². The number of halogens is 2. The van der Waals surface area contributed by atoms with Gasteiger partial charge in [-0.05, 0) is 34.1 Å². The first-order valence-electron chi connectivity index (χ1n) is 7.61. The van der Waals surface area contributed by atoms with Gasteiger partial charge in [0.15, 0.2) is 0 Å². The Morgan fingerprint density at radius 1 is 1.21 bits per heavy atom. The maximum Gasteiger partial charge on any atom is 0.255 e. The van der Waals surface area contributed by atoms with Crippen LogP contribution in [0.5, 0.6) is 5.75 Å². The Kier molecular flexibility index (Phi) is 6.66. The summed E-state index contributed by atoms with van der Waals surface area (Å²) < 4.78 is 6.30. The number of ether oxygens (including phenoxy) is 1. The zero-order chi connectivity index (χ0) is 16.2. The second kappa shape index (κ2) is 8.51. The van der Waals surface area contributed by atoms with Crippen LogP contribution in [-0.2, 0) is 0 Å². The number of amides is 1. The molecule has 0 spiro atoms. The Balaban J connectivity index is 0.00000208. The third kappa shape index (κ3) is 3.74. The zero-order valence-electron chi connectivity index (χ0n) is 13.4. The van der Waals surface area contributed by atoms with E-state index in [2.05, 4.69) is 21.2 Å². The minimum atomic E-state index is -0.0421. The largest absolute Gasteiger partial charge is 0.496 e. The normalized spacial score (nSPS) is 17.1. The molecule has 1 unspecified atom stereocenters. The molecule has 1 aliphatic rings. The average Bonchev–Trinajstić information content (AvgIpc) is 2.61. The van der Waals surface area contributed by atoms with Gasteiger partial charge in [0.05, 0.1) is 18.7 Å². The van der Waals surface area contributed by atoms with E-state index in [1.165, 1.54) is 0 Å². The number of hydrogen-bond donors (Lipinski definition) is 1. The molecule has 0 radical (unpaired) electrons. The van der Waals surface area contributed by atoms with E-state index in [1.807, 2.05) is 53.4 Å². The van der Waals surface area contributed by atoms with E-state index in [4.69, 9.17) is 4.74 Å². The first-order valence-corrected chi connectivity index (χ1v) is 8.41. The minimum absolute atomic E-state index is 0. The Labute approximate surface area is 156 Å². The summed E-state index contributed by atoms with van der Waals surface area (Å²) in [6, 6.07) is 15.4.